The number of halogens is 1. The van der Waals surface area contributed by atoms with Gasteiger partial charge >= 0.3 is 5.69 Å². The molecule has 0 amide bonds. The summed E-state index contributed by atoms with van der Waals surface area (Å²) < 4.78 is 11.1. The van der Waals surface area contributed by atoms with Gasteiger partial charge in [-0.2, -0.15) is 0 Å². The molecule has 1 saturated heterocycles. The highest BCUT2D eigenvalue weighted by Gasteiger charge is 2.19. The number of nitro groups is 1. The van der Waals surface area contributed by atoms with Crippen LogP contribution in [0, 0.1) is 13.7 Å². The third-order valence-electron chi connectivity index (χ3n) is 3.19. The summed E-state index contributed by atoms with van der Waals surface area (Å²) in [7, 11) is 1.42. The molecule has 118 valence electrons. The summed E-state index contributed by atoms with van der Waals surface area (Å²) >= 11 is 7.38. The number of benzene rings is 1. The molecule has 0 unspecified atom stereocenters. The van der Waals surface area contributed by atoms with Crippen molar-refractivity contribution in [3.05, 3.63) is 37.5 Å². The molecule has 0 bridgehead atoms. The van der Waals surface area contributed by atoms with E-state index in [9.17, 15) is 10.1 Å². The Labute approximate surface area is 147 Å². The molecular weight excluding hydrogens is 419 g/mol. The number of rotatable bonds is 4. The van der Waals surface area contributed by atoms with Crippen molar-refractivity contribution in [2.45, 2.75) is 0 Å². The molecule has 1 fully saturated rings. The van der Waals surface area contributed by atoms with Crippen molar-refractivity contribution in [1.29, 1.82) is 0 Å². The smallest absolute Gasteiger partial charge is 0.312 e. The van der Waals surface area contributed by atoms with Crippen molar-refractivity contribution >= 4 is 51.6 Å². The first kappa shape index (κ1) is 17.1. The van der Waals surface area contributed by atoms with Crippen molar-refractivity contribution in [3.8, 4) is 5.75 Å². The Morgan fingerprint density at radius 2 is 2.18 bits per heavy atom. The van der Waals surface area contributed by atoms with Crippen LogP contribution in [-0.4, -0.2) is 48.2 Å². The zero-order chi connectivity index (χ0) is 16.1. The molecule has 6 nitrogen and oxygen atoms in total. The van der Waals surface area contributed by atoms with Gasteiger partial charge in [-0.05, 0) is 40.3 Å². The highest BCUT2D eigenvalue weighted by atomic mass is 127. The molecule has 0 saturated carbocycles. The van der Waals surface area contributed by atoms with E-state index in [0.29, 0.717) is 27.3 Å². The first-order valence-corrected chi connectivity index (χ1v) is 8.08. The monoisotopic (exact) mass is 434 g/mol. The highest BCUT2D eigenvalue weighted by Crippen LogP contribution is 2.33. The minimum atomic E-state index is -0.446. The molecule has 1 heterocycles. The molecule has 22 heavy (non-hydrogen) atoms. The van der Waals surface area contributed by atoms with E-state index in [2.05, 4.69) is 4.90 Å². The zero-order valence-corrected chi connectivity index (χ0v) is 14.9. The first-order valence-electron chi connectivity index (χ1n) is 6.59. The molecule has 0 spiro atoms. The largest absolute Gasteiger partial charge is 0.489 e. The fourth-order valence-corrected chi connectivity index (χ4v) is 3.20. The summed E-state index contributed by atoms with van der Waals surface area (Å²) in [6.07, 6.45) is 3.58. The van der Waals surface area contributed by atoms with Crippen molar-refractivity contribution < 1.29 is 14.4 Å². The predicted octanol–water partition coefficient (Wildman–Crippen LogP) is 2.88. The zero-order valence-electron chi connectivity index (χ0n) is 12.0. The van der Waals surface area contributed by atoms with E-state index in [4.69, 9.17) is 21.7 Å². The standard InChI is InChI=1S/C14H15IN2O4S/c1-20-14-11(15)8-10(9-12(14)17(18)19)2-3-13(22)16-4-6-21-7-5-16/h2-3,8-9H,4-7H2,1H3. The number of ether oxygens (including phenoxy) is 2. The van der Waals surface area contributed by atoms with Crippen molar-refractivity contribution in [2.75, 3.05) is 33.4 Å². The first-order chi connectivity index (χ1) is 10.5. The lowest BCUT2D eigenvalue weighted by Gasteiger charge is -2.27. The van der Waals surface area contributed by atoms with Gasteiger partial charge in [0.1, 0.15) is 4.99 Å². The van der Waals surface area contributed by atoms with E-state index in [0.717, 1.165) is 13.1 Å². The number of thiocarbonyl (C=S) groups is 1. The van der Waals surface area contributed by atoms with Crippen LogP contribution in [0.4, 0.5) is 5.69 Å². The summed E-state index contributed by atoms with van der Waals surface area (Å²) in [5, 5.41) is 11.1. The quantitative estimate of drug-likeness (QED) is 0.239. The molecule has 0 atom stereocenters. The summed E-state index contributed by atoms with van der Waals surface area (Å²) in [4.78, 5) is 13.4. The van der Waals surface area contributed by atoms with Crippen LogP contribution in [0.1, 0.15) is 5.56 Å². The Kier molecular flexibility index (Phi) is 6.09. The van der Waals surface area contributed by atoms with Crippen LogP contribution in [0.25, 0.3) is 6.08 Å². The number of methoxy groups -OCH3 is 1. The van der Waals surface area contributed by atoms with Gasteiger partial charge in [0.2, 0.25) is 5.75 Å². The normalized spacial score (nSPS) is 15.1. The minimum Gasteiger partial charge on any atom is -0.489 e. The summed E-state index contributed by atoms with van der Waals surface area (Å²) in [6, 6.07) is 3.31. The maximum Gasteiger partial charge on any atom is 0.312 e. The summed E-state index contributed by atoms with van der Waals surface area (Å²) in [5.41, 5.74) is 0.666. The predicted molar refractivity (Wildman–Crippen MR) is 96.4 cm³/mol. The molecule has 2 rings (SSSR count). The van der Waals surface area contributed by atoms with Crippen LogP contribution >= 0.6 is 34.8 Å². The van der Waals surface area contributed by atoms with Gasteiger partial charge in [-0.3, -0.25) is 10.1 Å². The van der Waals surface area contributed by atoms with Crippen molar-refractivity contribution in [1.82, 2.24) is 4.90 Å². The fourth-order valence-electron chi connectivity index (χ4n) is 2.09. The molecule has 1 aliphatic heterocycles. The molecule has 0 N–H and O–H groups in total. The van der Waals surface area contributed by atoms with Crippen LogP contribution in [0.5, 0.6) is 5.75 Å². The number of hydrogen-bond donors (Lipinski definition) is 0. The number of nitro benzene ring substituents is 1. The van der Waals surface area contributed by atoms with Crippen LogP contribution in [0.3, 0.4) is 0 Å². The van der Waals surface area contributed by atoms with Gasteiger partial charge in [-0.25, -0.2) is 0 Å². The fraction of sp³-hybridized carbons (Fsp3) is 0.357. The van der Waals surface area contributed by atoms with E-state index in [1.165, 1.54) is 13.2 Å². The molecule has 0 aromatic heterocycles. The Bertz CT molecular complexity index is 615. The molecular formula is C14H15IN2O4S. The third-order valence-corrected chi connectivity index (χ3v) is 4.38. The second-order valence-electron chi connectivity index (χ2n) is 4.58. The topological polar surface area (TPSA) is 64.8 Å². The number of morpholine rings is 1. The SMILES string of the molecule is COc1c(I)cc(C=CC(=S)N2CCOCC2)cc1[N+](=O)[O-]. The van der Waals surface area contributed by atoms with E-state index in [-0.39, 0.29) is 11.4 Å². The molecule has 1 aromatic rings. The molecule has 8 heteroatoms. The number of nitrogens with zero attached hydrogens (tertiary/aromatic N) is 2. The number of hydrogen-bond acceptors (Lipinski definition) is 5. The van der Waals surface area contributed by atoms with Crippen LogP contribution in [0.2, 0.25) is 0 Å². The summed E-state index contributed by atoms with van der Waals surface area (Å²) in [6.45, 7) is 2.87. The van der Waals surface area contributed by atoms with Gasteiger partial charge in [0.25, 0.3) is 0 Å². The van der Waals surface area contributed by atoms with E-state index in [1.54, 1.807) is 12.2 Å². The third kappa shape index (κ3) is 4.14. The second-order valence-corrected chi connectivity index (χ2v) is 6.16. The van der Waals surface area contributed by atoms with Gasteiger partial charge < -0.3 is 14.4 Å². The average molecular weight is 434 g/mol. The Hall–Kier alpha value is -1.26. The lowest BCUT2D eigenvalue weighted by molar-refractivity contribution is -0.385. The van der Waals surface area contributed by atoms with Gasteiger partial charge in [-0.15, -0.1) is 0 Å². The second kappa shape index (κ2) is 7.84. The van der Waals surface area contributed by atoms with Gasteiger partial charge in [-0.1, -0.05) is 18.3 Å². The Morgan fingerprint density at radius 1 is 1.50 bits per heavy atom. The maximum absolute atomic E-state index is 11.1. The van der Waals surface area contributed by atoms with E-state index in [1.807, 2.05) is 28.7 Å². The van der Waals surface area contributed by atoms with Crippen molar-refractivity contribution in [2.24, 2.45) is 0 Å². The van der Waals surface area contributed by atoms with Crippen LogP contribution in [0.15, 0.2) is 18.2 Å². The van der Waals surface area contributed by atoms with Gasteiger partial charge in [0, 0.05) is 19.2 Å². The van der Waals surface area contributed by atoms with E-state index < -0.39 is 4.92 Å². The lowest BCUT2D eigenvalue weighted by atomic mass is 10.1. The Morgan fingerprint density at radius 3 is 2.77 bits per heavy atom. The maximum atomic E-state index is 11.1. The van der Waals surface area contributed by atoms with Crippen LogP contribution in [-0.2, 0) is 4.74 Å². The van der Waals surface area contributed by atoms with Crippen molar-refractivity contribution in [3.63, 3.8) is 0 Å². The minimum absolute atomic E-state index is 0.0497. The van der Waals surface area contributed by atoms with Crippen LogP contribution < -0.4 is 4.74 Å². The lowest BCUT2D eigenvalue weighted by Crippen LogP contribution is -2.38. The average Bonchev–Trinajstić information content (AvgIpc) is 2.52. The highest BCUT2D eigenvalue weighted by molar-refractivity contribution is 14.1. The van der Waals surface area contributed by atoms with Gasteiger partial charge in [0.15, 0.2) is 0 Å². The Balaban J connectivity index is 2.20. The van der Waals surface area contributed by atoms with Gasteiger partial charge in [0.05, 0.1) is 28.8 Å². The molecule has 1 aliphatic rings. The molecule has 0 aliphatic carbocycles. The molecule has 1 aromatic carbocycles. The van der Waals surface area contributed by atoms with E-state index >= 15 is 0 Å². The molecule has 0 radical (unpaired) electrons. The summed E-state index contributed by atoms with van der Waals surface area (Å²) in [5.74, 6) is 0.276.